The second-order valence-electron chi connectivity index (χ2n) is 5.65. The van der Waals surface area contributed by atoms with E-state index in [2.05, 4.69) is 14.7 Å². The molecule has 0 spiro atoms. The van der Waals surface area contributed by atoms with E-state index in [1.807, 2.05) is 0 Å². The Morgan fingerprint density at radius 2 is 0.857 bits per heavy atom. The van der Waals surface area contributed by atoms with Crippen molar-refractivity contribution in [3.05, 3.63) is 0 Å². The summed E-state index contributed by atoms with van der Waals surface area (Å²) in [5, 5.41) is 0. The molecule has 0 atom stereocenters. The van der Waals surface area contributed by atoms with E-state index in [1.165, 1.54) is 0 Å². The van der Waals surface area contributed by atoms with E-state index < -0.39 is 0 Å². The van der Waals surface area contributed by atoms with Crippen LogP contribution < -0.4 is 0 Å². The molecular formula is C15H33N3O3. The number of hydrogen-bond donors (Lipinski definition) is 0. The second kappa shape index (κ2) is 12.3. The van der Waals surface area contributed by atoms with Gasteiger partial charge in [-0.15, -0.1) is 0 Å². The summed E-state index contributed by atoms with van der Waals surface area (Å²) < 4.78 is 15.5. The van der Waals surface area contributed by atoms with Crippen molar-refractivity contribution in [3.8, 4) is 0 Å². The monoisotopic (exact) mass is 303 g/mol. The summed E-state index contributed by atoms with van der Waals surface area (Å²) >= 11 is 0. The quantitative estimate of drug-likeness (QED) is 0.499. The minimum Gasteiger partial charge on any atom is -0.385 e. The van der Waals surface area contributed by atoms with Crippen molar-refractivity contribution >= 4 is 0 Å². The van der Waals surface area contributed by atoms with Gasteiger partial charge >= 0.3 is 0 Å². The summed E-state index contributed by atoms with van der Waals surface area (Å²) in [6.07, 6.45) is 3.27. The van der Waals surface area contributed by atoms with Gasteiger partial charge in [0.05, 0.1) is 20.0 Å². The molecule has 1 fully saturated rings. The fourth-order valence-corrected chi connectivity index (χ4v) is 2.70. The Balaban J connectivity index is 2.35. The van der Waals surface area contributed by atoms with Crippen molar-refractivity contribution < 1.29 is 14.2 Å². The first-order chi connectivity index (χ1) is 10.3. The molecule has 6 nitrogen and oxygen atoms in total. The maximum Gasteiger partial charge on any atom is 0.0530 e. The van der Waals surface area contributed by atoms with Crippen molar-refractivity contribution in [2.45, 2.75) is 19.3 Å². The molecule has 0 saturated carbocycles. The Morgan fingerprint density at radius 3 is 1.10 bits per heavy atom. The summed E-state index contributed by atoms with van der Waals surface area (Å²) in [7, 11) is 5.30. The van der Waals surface area contributed by atoms with Gasteiger partial charge in [0.2, 0.25) is 0 Å². The highest BCUT2D eigenvalue weighted by atomic mass is 16.5. The van der Waals surface area contributed by atoms with Gasteiger partial charge in [0.15, 0.2) is 0 Å². The Hall–Kier alpha value is -0.240. The van der Waals surface area contributed by atoms with Gasteiger partial charge < -0.3 is 14.2 Å². The molecule has 0 amide bonds. The maximum absolute atomic E-state index is 5.16. The molecule has 0 aromatic heterocycles. The normalized spacial score (nSPS) is 18.4. The molecule has 21 heavy (non-hydrogen) atoms. The van der Waals surface area contributed by atoms with Crippen molar-refractivity contribution in [2.75, 3.05) is 80.8 Å². The van der Waals surface area contributed by atoms with E-state index in [4.69, 9.17) is 14.2 Å². The van der Waals surface area contributed by atoms with Gasteiger partial charge in [-0.2, -0.15) is 0 Å². The molecule has 1 rings (SSSR count). The molecule has 0 aromatic rings. The van der Waals surface area contributed by atoms with Crippen LogP contribution >= 0.6 is 0 Å². The Labute approximate surface area is 129 Å². The fraction of sp³-hybridized carbons (Fsp3) is 1.00. The predicted octanol–water partition coefficient (Wildman–Crippen LogP) is 0.888. The first-order valence-corrected chi connectivity index (χ1v) is 7.94. The molecule has 126 valence electrons. The van der Waals surface area contributed by atoms with E-state index in [0.29, 0.717) is 0 Å². The summed E-state index contributed by atoms with van der Waals surface area (Å²) in [6.45, 7) is 8.94. The Morgan fingerprint density at radius 1 is 0.571 bits per heavy atom. The number of rotatable bonds is 12. The molecule has 0 aromatic carbocycles. The predicted molar refractivity (Wildman–Crippen MR) is 84.2 cm³/mol. The molecule has 0 N–H and O–H groups in total. The smallest absolute Gasteiger partial charge is 0.0530 e. The van der Waals surface area contributed by atoms with Gasteiger partial charge in [-0.25, -0.2) is 0 Å². The average molecular weight is 303 g/mol. The SMILES string of the molecule is COCCCN1CN(CCCOC)CN(CCCOC)C1. The molecule has 0 radical (unpaired) electrons. The summed E-state index contributed by atoms with van der Waals surface area (Å²) in [6, 6.07) is 0. The van der Waals surface area contributed by atoms with Gasteiger partial charge in [-0.1, -0.05) is 0 Å². The van der Waals surface area contributed by atoms with Crippen molar-refractivity contribution in [1.82, 2.24) is 14.7 Å². The molecule has 0 aliphatic carbocycles. The third-order valence-electron chi connectivity index (χ3n) is 3.67. The summed E-state index contributed by atoms with van der Waals surface area (Å²) in [4.78, 5) is 7.51. The minimum atomic E-state index is 0.837. The van der Waals surface area contributed by atoms with Crippen LogP contribution in [0.3, 0.4) is 0 Å². The average Bonchev–Trinajstić information content (AvgIpc) is 2.48. The minimum absolute atomic E-state index is 0.837. The van der Waals surface area contributed by atoms with Crippen LogP contribution in [0.4, 0.5) is 0 Å². The van der Waals surface area contributed by atoms with E-state index in [1.54, 1.807) is 21.3 Å². The molecule has 0 bridgehead atoms. The maximum atomic E-state index is 5.16. The lowest BCUT2D eigenvalue weighted by Crippen LogP contribution is -2.55. The molecule has 6 heteroatoms. The zero-order valence-electron chi connectivity index (χ0n) is 14.1. The lowest BCUT2D eigenvalue weighted by Gasteiger charge is -2.42. The zero-order chi connectivity index (χ0) is 15.3. The molecule has 1 saturated heterocycles. The van der Waals surface area contributed by atoms with Crippen LogP contribution in [0.5, 0.6) is 0 Å². The van der Waals surface area contributed by atoms with Crippen molar-refractivity contribution in [2.24, 2.45) is 0 Å². The zero-order valence-corrected chi connectivity index (χ0v) is 14.1. The number of methoxy groups -OCH3 is 3. The van der Waals surface area contributed by atoms with E-state index >= 15 is 0 Å². The first-order valence-electron chi connectivity index (χ1n) is 7.94. The van der Waals surface area contributed by atoms with Gasteiger partial charge in [-0.05, 0) is 19.3 Å². The molecule has 1 aliphatic heterocycles. The lowest BCUT2D eigenvalue weighted by atomic mass is 10.3. The topological polar surface area (TPSA) is 37.4 Å². The van der Waals surface area contributed by atoms with Crippen molar-refractivity contribution in [3.63, 3.8) is 0 Å². The third-order valence-corrected chi connectivity index (χ3v) is 3.67. The number of hydrogen-bond acceptors (Lipinski definition) is 6. The van der Waals surface area contributed by atoms with Gasteiger partial charge in [0, 0.05) is 60.8 Å². The summed E-state index contributed by atoms with van der Waals surface area (Å²) in [5.41, 5.74) is 0. The van der Waals surface area contributed by atoms with Crippen LogP contribution in [-0.2, 0) is 14.2 Å². The van der Waals surface area contributed by atoms with E-state index in [-0.39, 0.29) is 0 Å². The largest absolute Gasteiger partial charge is 0.385 e. The van der Waals surface area contributed by atoms with Crippen LogP contribution in [0.25, 0.3) is 0 Å². The highest BCUT2D eigenvalue weighted by Crippen LogP contribution is 2.09. The first kappa shape index (κ1) is 18.8. The van der Waals surface area contributed by atoms with Crippen LogP contribution in [0.1, 0.15) is 19.3 Å². The Bertz CT molecular complexity index is 200. The van der Waals surface area contributed by atoms with Crippen LogP contribution in [0.15, 0.2) is 0 Å². The van der Waals surface area contributed by atoms with E-state index in [0.717, 1.165) is 78.7 Å². The molecule has 0 unspecified atom stereocenters. The third kappa shape index (κ3) is 8.70. The van der Waals surface area contributed by atoms with Crippen molar-refractivity contribution in [1.29, 1.82) is 0 Å². The van der Waals surface area contributed by atoms with Gasteiger partial charge in [-0.3, -0.25) is 14.7 Å². The van der Waals surface area contributed by atoms with E-state index in [9.17, 15) is 0 Å². The van der Waals surface area contributed by atoms with Gasteiger partial charge in [0.25, 0.3) is 0 Å². The lowest BCUT2D eigenvalue weighted by molar-refractivity contribution is -0.0365. The molecule has 1 heterocycles. The summed E-state index contributed by atoms with van der Waals surface area (Å²) in [5.74, 6) is 0. The highest BCUT2D eigenvalue weighted by molar-refractivity contribution is 4.70. The number of ether oxygens (including phenoxy) is 3. The van der Waals surface area contributed by atoms with Crippen LogP contribution in [0, 0.1) is 0 Å². The van der Waals surface area contributed by atoms with Crippen LogP contribution in [-0.4, -0.2) is 95.5 Å². The number of nitrogens with zero attached hydrogens (tertiary/aromatic N) is 3. The van der Waals surface area contributed by atoms with Gasteiger partial charge in [0.1, 0.15) is 0 Å². The van der Waals surface area contributed by atoms with Crippen LogP contribution in [0.2, 0.25) is 0 Å². The molecular weight excluding hydrogens is 270 g/mol. The Kier molecular flexibility index (Phi) is 11.0. The molecule has 1 aliphatic rings. The highest BCUT2D eigenvalue weighted by Gasteiger charge is 2.22. The second-order valence-corrected chi connectivity index (χ2v) is 5.65. The fourth-order valence-electron chi connectivity index (χ4n) is 2.70. The standard InChI is InChI=1S/C15H33N3O3/c1-19-10-4-7-16-13-17(8-5-11-20-2)15-18(14-16)9-6-12-21-3/h4-15H2,1-3H3.